The third-order valence-corrected chi connectivity index (χ3v) is 8.06. The fourth-order valence-electron chi connectivity index (χ4n) is 3.72. The third-order valence-electron chi connectivity index (χ3n) is 5.60. The number of aromatic nitrogens is 1. The second-order valence-corrected chi connectivity index (χ2v) is 12.0. The van der Waals surface area contributed by atoms with Crippen molar-refractivity contribution in [2.24, 2.45) is 10.2 Å². The summed E-state index contributed by atoms with van der Waals surface area (Å²) in [5, 5.41) is 17.2. The minimum Gasteiger partial charge on any atom is -0.477 e. The maximum atomic E-state index is 12.3. The summed E-state index contributed by atoms with van der Waals surface area (Å²) in [6, 6.07) is 12.2. The number of carbonyl (C=O) groups is 1. The second-order valence-electron chi connectivity index (χ2n) is 8.50. The van der Waals surface area contributed by atoms with E-state index in [4.69, 9.17) is 25.8 Å². The Morgan fingerprint density at radius 2 is 1.67 bits per heavy atom. The van der Waals surface area contributed by atoms with Crippen LogP contribution in [0.4, 0.5) is 22.7 Å². The highest BCUT2D eigenvalue weighted by Gasteiger charge is 2.21. The first-order chi connectivity index (χ1) is 19.7. The predicted octanol–water partition coefficient (Wildman–Crippen LogP) is 3.55. The van der Waals surface area contributed by atoms with Gasteiger partial charge in [-0.1, -0.05) is 12.1 Å². The number of nitrogen functional groups attached to an aromatic ring is 2. The van der Waals surface area contributed by atoms with Crippen LogP contribution in [0.1, 0.15) is 10.4 Å². The fraction of sp³-hybridized carbons (Fsp3) is 0.0833. The zero-order valence-corrected chi connectivity index (χ0v) is 23.6. The average Bonchev–Trinajstić information content (AvgIpc) is 2.90. The highest BCUT2D eigenvalue weighted by molar-refractivity contribution is 7.94. The molecule has 4 aromatic rings. The molecule has 220 valence electrons. The highest BCUT2D eigenvalue weighted by atomic mass is 32.2. The van der Waals surface area contributed by atoms with E-state index in [1.807, 2.05) is 0 Å². The van der Waals surface area contributed by atoms with Crippen LogP contribution in [0, 0.1) is 0 Å². The monoisotopic (exact) mass is 636 g/mol. The Labute approximate surface area is 243 Å². The first-order valence-electron chi connectivity index (χ1n) is 11.5. The van der Waals surface area contributed by atoms with Gasteiger partial charge in [-0.2, -0.15) is 21.2 Å². The van der Waals surface area contributed by atoms with E-state index in [1.165, 1.54) is 36.5 Å². The van der Waals surface area contributed by atoms with Gasteiger partial charge in [0.25, 0.3) is 20.2 Å². The molecule has 0 bridgehead atoms. The first-order valence-corrected chi connectivity index (χ1v) is 15.2. The van der Waals surface area contributed by atoms with Gasteiger partial charge in [-0.25, -0.2) is 14.2 Å². The van der Waals surface area contributed by atoms with E-state index in [2.05, 4.69) is 10.2 Å². The van der Waals surface area contributed by atoms with Gasteiger partial charge in [0.05, 0.1) is 23.4 Å². The molecule has 0 amide bonds. The molecule has 0 spiro atoms. The van der Waals surface area contributed by atoms with Crippen LogP contribution in [-0.4, -0.2) is 43.6 Å². The van der Waals surface area contributed by atoms with Gasteiger partial charge in [0.2, 0.25) is 0 Å². The van der Waals surface area contributed by atoms with Crippen LogP contribution in [-0.2, 0) is 36.0 Å². The molecule has 0 radical (unpaired) electrons. The lowest BCUT2D eigenvalue weighted by atomic mass is 10.1. The van der Waals surface area contributed by atoms with Crippen LogP contribution in [0.15, 0.2) is 91.9 Å². The van der Waals surface area contributed by atoms with Crippen molar-refractivity contribution in [3.8, 4) is 0 Å². The molecule has 0 aliphatic carbocycles. The van der Waals surface area contributed by atoms with Crippen molar-refractivity contribution in [2.45, 2.75) is 21.2 Å². The topological polar surface area (TPSA) is 245 Å². The number of hydrogen-bond donors (Lipinski definition) is 5. The number of azo groups is 1. The van der Waals surface area contributed by atoms with Gasteiger partial charge >= 0.3 is 5.97 Å². The molecule has 0 aliphatic heterocycles. The van der Waals surface area contributed by atoms with E-state index in [0.29, 0.717) is 16.8 Å². The van der Waals surface area contributed by atoms with E-state index in [0.717, 1.165) is 24.2 Å². The minimum atomic E-state index is -4.83. The molecule has 0 fully saturated rings. The standard InChI is InChI=1S/C24H21N5O10S3/c25-18-11-19(26)22(41(32,33)34)12-21(18)28-27-20-6-3-14-10-16(4-5-17(14)23(20)42(35,36)37)40-39-38-9-8-29-7-1-2-15(13-29)24(30)31/h1-7,10-13H,8-9H2,(H6-,25,26,27,30,31,32,33,34,35,36,37)/p+1. The van der Waals surface area contributed by atoms with E-state index >= 15 is 0 Å². The Hall–Kier alpha value is -4.17. The lowest BCUT2D eigenvalue weighted by molar-refractivity contribution is -0.700. The molecular weight excluding hydrogens is 614 g/mol. The number of nitrogens with two attached hydrogens (primary N) is 2. The highest BCUT2D eigenvalue weighted by Crippen LogP contribution is 2.37. The number of nitrogens with zero attached hydrogens (tertiary/aromatic N) is 3. The molecule has 0 atom stereocenters. The van der Waals surface area contributed by atoms with Crippen molar-refractivity contribution < 1.29 is 49.6 Å². The van der Waals surface area contributed by atoms with Gasteiger partial charge in [-0.15, -0.1) is 10.2 Å². The lowest BCUT2D eigenvalue weighted by Gasteiger charge is -2.09. The quantitative estimate of drug-likeness (QED) is 0.0231. The molecule has 0 unspecified atom stereocenters. The Morgan fingerprint density at radius 3 is 2.36 bits per heavy atom. The minimum absolute atomic E-state index is 0.0952. The number of aromatic carboxylic acids is 1. The van der Waals surface area contributed by atoms with Crippen molar-refractivity contribution in [3.63, 3.8) is 0 Å². The van der Waals surface area contributed by atoms with Crippen molar-refractivity contribution in [1.82, 2.24) is 0 Å². The lowest BCUT2D eigenvalue weighted by Crippen LogP contribution is -2.36. The Morgan fingerprint density at radius 1 is 0.929 bits per heavy atom. The van der Waals surface area contributed by atoms with Crippen molar-refractivity contribution in [3.05, 3.63) is 72.6 Å². The number of anilines is 2. The molecule has 18 heteroatoms. The van der Waals surface area contributed by atoms with Gasteiger partial charge in [0.1, 0.15) is 33.3 Å². The van der Waals surface area contributed by atoms with Crippen LogP contribution in [0.5, 0.6) is 0 Å². The maximum absolute atomic E-state index is 12.3. The largest absolute Gasteiger partial charge is 0.477 e. The zero-order valence-electron chi connectivity index (χ0n) is 21.2. The van der Waals surface area contributed by atoms with E-state index < -0.39 is 36.0 Å². The van der Waals surface area contributed by atoms with E-state index in [9.17, 15) is 30.7 Å². The first kappa shape index (κ1) is 30.8. The number of carboxylic acid groups (broad SMARTS) is 1. The van der Waals surface area contributed by atoms with Gasteiger partial charge in [-0.3, -0.25) is 9.11 Å². The molecule has 15 nitrogen and oxygen atoms in total. The van der Waals surface area contributed by atoms with Gasteiger partial charge in [0, 0.05) is 16.3 Å². The Bertz CT molecular complexity index is 1930. The normalized spacial score (nSPS) is 12.2. The smallest absolute Gasteiger partial charge is 0.341 e. The molecule has 0 aliphatic rings. The summed E-state index contributed by atoms with van der Waals surface area (Å²) < 4.78 is 73.7. The number of benzene rings is 3. The molecular formula is C24H22N5O10S3+. The summed E-state index contributed by atoms with van der Waals surface area (Å²) in [7, 11) is -9.53. The molecule has 0 saturated carbocycles. The molecule has 42 heavy (non-hydrogen) atoms. The Kier molecular flexibility index (Phi) is 9.06. The second kappa shape index (κ2) is 12.4. The molecule has 7 N–H and O–H groups in total. The van der Waals surface area contributed by atoms with Gasteiger partial charge in [-0.05, 0) is 41.8 Å². The fourth-order valence-corrected chi connectivity index (χ4v) is 5.67. The number of pyridine rings is 1. The molecule has 1 heterocycles. The number of fused-ring (bicyclic) bond motifs is 1. The van der Waals surface area contributed by atoms with Gasteiger partial charge < -0.3 is 16.6 Å². The van der Waals surface area contributed by atoms with Crippen LogP contribution in [0.3, 0.4) is 0 Å². The van der Waals surface area contributed by atoms with Gasteiger partial charge in [0.15, 0.2) is 18.9 Å². The zero-order chi connectivity index (χ0) is 30.7. The number of carboxylic acids is 1. The van der Waals surface area contributed by atoms with Crippen LogP contribution in [0.25, 0.3) is 10.8 Å². The summed E-state index contributed by atoms with van der Waals surface area (Å²) in [6.07, 6.45) is 3.12. The third kappa shape index (κ3) is 7.36. The molecule has 4 rings (SSSR count). The summed E-state index contributed by atoms with van der Waals surface area (Å²) >= 11 is 0.836. The van der Waals surface area contributed by atoms with Crippen molar-refractivity contribution in [2.75, 3.05) is 18.1 Å². The Balaban J connectivity index is 1.52. The summed E-state index contributed by atoms with van der Waals surface area (Å²) in [6.45, 7) is 0.410. The number of hydrogen-bond acceptors (Lipinski definition) is 12. The average molecular weight is 637 g/mol. The molecule has 1 aromatic heterocycles. The summed E-state index contributed by atoms with van der Waals surface area (Å²) in [5.41, 5.74) is 10.6. The van der Waals surface area contributed by atoms with Crippen molar-refractivity contribution >= 4 is 71.8 Å². The van der Waals surface area contributed by atoms with E-state index in [-0.39, 0.29) is 40.3 Å². The van der Waals surface area contributed by atoms with Crippen LogP contribution < -0.4 is 16.0 Å². The molecule has 0 saturated heterocycles. The summed E-state index contributed by atoms with van der Waals surface area (Å²) in [5.74, 6) is -1.05. The van der Waals surface area contributed by atoms with Crippen LogP contribution in [0.2, 0.25) is 0 Å². The van der Waals surface area contributed by atoms with E-state index in [1.54, 1.807) is 22.9 Å². The number of rotatable bonds is 11. The SMILES string of the molecule is Nc1cc(N)c(S(=O)(=O)O)cc1N=Nc1ccc2cc(SOOCC[n+]3cccc(C(=O)O)c3)ccc2c1S(=O)(=O)O. The summed E-state index contributed by atoms with van der Waals surface area (Å²) in [4.78, 5) is 15.5. The van der Waals surface area contributed by atoms with Crippen molar-refractivity contribution in [1.29, 1.82) is 0 Å². The molecule has 3 aromatic carbocycles. The predicted molar refractivity (Wildman–Crippen MR) is 150 cm³/mol. The van der Waals surface area contributed by atoms with Crippen LogP contribution >= 0.6 is 12.0 Å². The maximum Gasteiger partial charge on any atom is 0.341 e.